The van der Waals surface area contributed by atoms with Gasteiger partial charge in [-0.1, -0.05) is 37.4 Å². The van der Waals surface area contributed by atoms with Crippen LogP contribution in [0.15, 0.2) is 47.3 Å². The van der Waals surface area contributed by atoms with E-state index < -0.39 is 12.0 Å². The average Bonchev–Trinajstić information content (AvgIpc) is 3.17. The van der Waals surface area contributed by atoms with Crippen LogP contribution < -0.4 is 14.8 Å². The standard InChI is InChI=1S/C22H28N4O4S/c1-6-11-30-20(27)18-14(4)23-21-24-22(31-12-7-2)25-26(21)19(18)15-9-10-16(28-5)17(13-15)29-8-3/h6,9-10,13,19H,1,7-8,11-12H2,2-5H3,(H,23,24,25). The number of rotatable bonds is 10. The fourth-order valence-corrected chi connectivity index (χ4v) is 3.99. The summed E-state index contributed by atoms with van der Waals surface area (Å²) in [7, 11) is 1.59. The second-order valence-electron chi connectivity index (χ2n) is 6.81. The first-order valence-corrected chi connectivity index (χ1v) is 11.2. The lowest BCUT2D eigenvalue weighted by molar-refractivity contribution is -0.138. The van der Waals surface area contributed by atoms with Gasteiger partial charge in [0.05, 0.1) is 19.3 Å². The second kappa shape index (κ2) is 10.4. The van der Waals surface area contributed by atoms with Crippen molar-refractivity contribution in [2.75, 3.05) is 31.4 Å². The Hall–Kier alpha value is -2.94. The van der Waals surface area contributed by atoms with Gasteiger partial charge in [-0.3, -0.25) is 0 Å². The molecule has 0 aliphatic carbocycles. The number of carbonyl (C=O) groups is 1. The van der Waals surface area contributed by atoms with E-state index in [4.69, 9.17) is 14.2 Å². The lowest BCUT2D eigenvalue weighted by Gasteiger charge is -2.28. The van der Waals surface area contributed by atoms with Crippen LogP contribution in [0, 0.1) is 0 Å². The van der Waals surface area contributed by atoms with Gasteiger partial charge < -0.3 is 19.5 Å². The maximum atomic E-state index is 13.0. The van der Waals surface area contributed by atoms with Crippen molar-refractivity contribution in [2.24, 2.45) is 0 Å². The molecule has 0 radical (unpaired) electrons. The zero-order chi connectivity index (χ0) is 22.4. The van der Waals surface area contributed by atoms with Crippen LogP contribution in [-0.2, 0) is 9.53 Å². The first-order valence-electron chi connectivity index (χ1n) is 10.2. The molecule has 3 rings (SSSR count). The highest BCUT2D eigenvalue weighted by Gasteiger charge is 2.35. The highest BCUT2D eigenvalue weighted by Crippen LogP contribution is 2.39. The number of ether oxygens (including phenoxy) is 3. The van der Waals surface area contributed by atoms with Gasteiger partial charge in [0.1, 0.15) is 12.6 Å². The number of allylic oxidation sites excluding steroid dienone is 1. The van der Waals surface area contributed by atoms with E-state index in [1.165, 1.54) is 0 Å². The van der Waals surface area contributed by atoms with Crippen LogP contribution in [0.25, 0.3) is 0 Å². The maximum Gasteiger partial charge on any atom is 0.338 e. The number of esters is 1. The average molecular weight is 445 g/mol. The van der Waals surface area contributed by atoms with E-state index in [1.807, 2.05) is 32.0 Å². The zero-order valence-corrected chi connectivity index (χ0v) is 19.1. The Balaban J connectivity index is 2.12. The summed E-state index contributed by atoms with van der Waals surface area (Å²) in [5.74, 6) is 2.27. The number of methoxy groups -OCH3 is 1. The van der Waals surface area contributed by atoms with Crippen molar-refractivity contribution in [1.82, 2.24) is 14.8 Å². The number of hydrogen-bond acceptors (Lipinski definition) is 8. The van der Waals surface area contributed by atoms with Crippen LogP contribution in [-0.4, -0.2) is 46.8 Å². The molecule has 8 nitrogen and oxygen atoms in total. The van der Waals surface area contributed by atoms with Gasteiger partial charge in [-0.25, -0.2) is 9.48 Å². The molecule has 0 bridgehead atoms. The minimum absolute atomic E-state index is 0.122. The van der Waals surface area contributed by atoms with Crippen molar-refractivity contribution in [3.8, 4) is 11.5 Å². The smallest absolute Gasteiger partial charge is 0.338 e. The summed E-state index contributed by atoms with van der Waals surface area (Å²) in [4.78, 5) is 17.6. The SMILES string of the molecule is C=CCOC(=O)C1=C(C)Nc2nc(SCCC)nn2C1c1ccc(OC)c(OCC)c1. The summed E-state index contributed by atoms with van der Waals surface area (Å²) in [5.41, 5.74) is 1.94. The summed E-state index contributed by atoms with van der Waals surface area (Å²) in [6, 6.07) is 5.07. The van der Waals surface area contributed by atoms with Crippen LogP contribution in [0.1, 0.15) is 38.8 Å². The molecule has 2 heterocycles. The van der Waals surface area contributed by atoms with E-state index in [2.05, 4.69) is 28.9 Å². The quantitative estimate of drug-likeness (QED) is 0.331. The number of hydrogen-bond donors (Lipinski definition) is 1. The van der Waals surface area contributed by atoms with Gasteiger partial charge in [0.15, 0.2) is 11.5 Å². The Morgan fingerprint density at radius 2 is 2.16 bits per heavy atom. The number of fused-ring (bicyclic) bond motifs is 1. The topological polar surface area (TPSA) is 87.5 Å². The Bertz CT molecular complexity index is 986. The minimum Gasteiger partial charge on any atom is -0.493 e. The molecule has 1 atom stereocenters. The summed E-state index contributed by atoms with van der Waals surface area (Å²) in [6.07, 6.45) is 2.55. The predicted molar refractivity (Wildman–Crippen MR) is 121 cm³/mol. The third kappa shape index (κ3) is 4.87. The highest BCUT2D eigenvalue weighted by atomic mass is 32.2. The van der Waals surface area contributed by atoms with Gasteiger partial charge in [0.2, 0.25) is 11.1 Å². The molecule has 0 saturated heterocycles. The Kier molecular flexibility index (Phi) is 7.62. The Morgan fingerprint density at radius 3 is 2.84 bits per heavy atom. The Morgan fingerprint density at radius 1 is 1.35 bits per heavy atom. The number of anilines is 1. The summed E-state index contributed by atoms with van der Waals surface area (Å²) in [6.45, 7) is 10.1. The van der Waals surface area contributed by atoms with E-state index in [0.717, 1.165) is 17.7 Å². The molecule has 1 aromatic carbocycles. The molecule has 0 saturated carbocycles. The monoisotopic (exact) mass is 444 g/mol. The number of nitrogens with zero attached hydrogens (tertiary/aromatic N) is 3. The molecule has 1 N–H and O–H groups in total. The summed E-state index contributed by atoms with van der Waals surface area (Å²) >= 11 is 1.58. The van der Waals surface area contributed by atoms with E-state index in [0.29, 0.717) is 40.5 Å². The fraction of sp³-hybridized carbons (Fsp3) is 0.409. The lowest BCUT2D eigenvalue weighted by atomic mass is 9.95. The van der Waals surface area contributed by atoms with Gasteiger partial charge in [-0.15, -0.1) is 5.10 Å². The fourth-order valence-electron chi connectivity index (χ4n) is 3.30. The Labute approximate surface area is 186 Å². The van der Waals surface area contributed by atoms with Crippen molar-refractivity contribution in [3.63, 3.8) is 0 Å². The molecule has 1 aromatic heterocycles. The molecule has 2 aromatic rings. The largest absolute Gasteiger partial charge is 0.493 e. The van der Waals surface area contributed by atoms with Gasteiger partial charge in [-0.05, 0) is 38.0 Å². The first kappa shape index (κ1) is 22.7. The number of nitrogens with one attached hydrogen (secondary N) is 1. The summed E-state index contributed by atoms with van der Waals surface area (Å²) in [5, 5.41) is 8.54. The molecule has 1 aliphatic rings. The van der Waals surface area contributed by atoms with Crippen molar-refractivity contribution in [3.05, 3.63) is 47.7 Å². The van der Waals surface area contributed by atoms with Crippen LogP contribution in [0.4, 0.5) is 5.95 Å². The molecule has 0 fully saturated rings. The van der Waals surface area contributed by atoms with Crippen LogP contribution in [0.3, 0.4) is 0 Å². The summed E-state index contributed by atoms with van der Waals surface area (Å²) < 4.78 is 18.3. The third-order valence-corrected chi connectivity index (χ3v) is 5.67. The third-order valence-electron chi connectivity index (χ3n) is 4.62. The second-order valence-corrected chi connectivity index (χ2v) is 7.87. The van der Waals surface area contributed by atoms with E-state index >= 15 is 0 Å². The van der Waals surface area contributed by atoms with Gasteiger partial charge in [-0.2, -0.15) is 4.98 Å². The van der Waals surface area contributed by atoms with Crippen molar-refractivity contribution < 1.29 is 19.0 Å². The van der Waals surface area contributed by atoms with Gasteiger partial charge in [0, 0.05) is 11.4 Å². The predicted octanol–water partition coefficient (Wildman–Crippen LogP) is 4.21. The highest BCUT2D eigenvalue weighted by molar-refractivity contribution is 7.99. The molecule has 1 aliphatic heterocycles. The van der Waals surface area contributed by atoms with E-state index in [1.54, 1.807) is 29.6 Å². The van der Waals surface area contributed by atoms with E-state index in [-0.39, 0.29) is 6.61 Å². The van der Waals surface area contributed by atoms with Gasteiger partial charge in [0.25, 0.3) is 0 Å². The molecule has 166 valence electrons. The zero-order valence-electron chi connectivity index (χ0n) is 18.3. The molecule has 31 heavy (non-hydrogen) atoms. The number of thioether (sulfide) groups is 1. The molecule has 1 unspecified atom stereocenters. The maximum absolute atomic E-state index is 13.0. The number of aromatic nitrogens is 3. The molecular formula is C22H28N4O4S. The number of carbonyl (C=O) groups excluding carboxylic acids is 1. The lowest BCUT2D eigenvalue weighted by Crippen LogP contribution is -2.29. The van der Waals surface area contributed by atoms with Crippen molar-refractivity contribution in [1.29, 1.82) is 0 Å². The van der Waals surface area contributed by atoms with E-state index in [9.17, 15) is 4.79 Å². The minimum atomic E-state index is -0.526. The molecule has 9 heteroatoms. The van der Waals surface area contributed by atoms with Crippen LogP contribution in [0.2, 0.25) is 0 Å². The van der Waals surface area contributed by atoms with Crippen molar-refractivity contribution >= 4 is 23.7 Å². The van der Waals surface area contributed by atoms with Crippen molar-refractivity contribution in [2.45, 2.75) is 38.4 Å². The van der Waals surface area contributed by atoms with Crippen LogP contribution >= 0.6 is 11.8 Å². The van der Waals surface area contributed by atoms with Crippen LogP contribution in [0.5, 0.6) is 11.5 Å². The normalized spacial score (nSPS) is 15.2. The number of benzene rings is 1. The molecule has 0 spiro atoms. The molecule has 0 amide bonds. The molecular weight excluding hydrogens is 416 g/mol. The first-order chi connectivity index (χ1) is 15.0. The van der Waals surface area contributed by atoms with Gasteiger partial charge >= 0.3 is 5.97 Å².